The average molecular weight is 439 g/mol. The smallest absolute Gasteiger partial charge is 0.218 e. The predicted molar refractivity (Wildman–Crippen MR) is 123 cm³/mol. The van der Waals surface area contributed by atoms with E-state index in [9.17, 15) is 12.6 Å². The van der Waals surface area contributed by atoms with Crippen molar-refractivity contribution in [3.05, 3.63) is 70.8 Å². The van der Waals surface area contributed by atoms with E-state index in [-0.39, 0.29) is 5.75 Å². The first-order valence-corrected chi connectivity index (χ1v) is 12.9. The van der Waals surface area contributed by atoms with E-state index >= 15 is 0 Å². The Bertz CT molecular complexity index is 898. The molecule has 29 heavy (non-hydrogen) atoms. The third kappa shape index (κ3) is 7.03. The van der Waals surface area contributed by atoms with Gasteiger partial charge in [-0.15, -0.1) is 0 Å². The second-order valence-corrected chi connectivity index (χ2v) is 9.93. The van der Waals surface area contributed by atoms with Crippen molar-refractivity contribution in [1.29, 1.82) is 0 Å². The maximum atomic E-state index is 11.5. The molecule has 0 spiro atoms. The first kappa shape index (κ1) is 25.5. The van der Waals surface area contributed by atoms with Crippen LogP contribution < -0.4 is 0 Å². The number of benzene rings is 2. The quantitative estimate of drug-likeness (QED) is 0.616. The average Bonchev–Trinajstić information content (AvgIpc) is 2.73. The van der Waals surface area contributed by atoms with E-state index in [0.717, 1.165) is 17.7 Å². The predicted octanol–water partition coefficient (Wildman–Crippen LogP) is 4.31. The molecule has 2 aliphatic heterocycles. The lowest BCUT2D eigenvalue weighted by molar-refractivity contribution is 0.455. The summed E-state index contributed by atoms with van der Waals surface area (Å²) in [6.45, 7) is 9.31. The van der Waals surface area contributed by atoms with Crippen molar-refractivity contribution in [2.24, 2.45) is 0 Å². The lowest BCUT2D eigenvalue weighted by Gasteiger charge is -2.24. The summed E-state index contributed by atoms with van der Waals surface area (Å²) < 4.78 is 37.6. The molecule has 7 heteroatoms. The Morgan fingerprint density at radius 3 is 1.76 bits per heavy atom. The van der Waals surface area contributed by atoms with Crippen molar-refractivity contribution in [1.82, 2.24) is 8.61 Å². The van der Waals surface area contributed by atoms with Crippen LogP contribution in [-0.2, 0) is 45.6 Å². The van der Waals surface area contributed by atoms with Gasteiger partial charge in [0.15, 0.2) is 0 Å². The number of hydrogen-bond donors (Lipinski definition) is 0. The number of rotatable bonds is 0. The monoisotopic (exact) mass is 438 g/mol. The first-order chi connectivity index (χ1) is 13.9. The summed E-state index contributed by atoms with van der Waals surface area (Å²) in [5.41, 5.74) is 4.58. The highest BCUT2D eigenvalue weighted by Gasteiger charge is 2.25. The fourth-order valence-corrected chi connectivity index (χ4v) is 5.19. The van der Waals surface area contributed by atoms with E-state index in [1.807, 2.05) is 75.4 Å². The van der Waals surface area contributed by atoms with Crippen LogP contribution in [0.5, 0.6) is 0 Å². The van der Waals surface area contributed by atoms with Crippen LogP contribution in [0.4, 0.5) is 0 Å². The summed E-state index contributed by atoms with van der Waals surface area (Å²) in [4.78, 5) is 0. The topological polar surface area (TPSA) is 57.7 Å². The lowest BCUT2D eigenvalue weighted by Crippen LogP contribution is -2.32. The minimum Gasteiger partial charge on any atom is -0.242 e. The van der Waals surface area contributed by atoms with Crippen LogP contribution in [-0.4, -0.2) is 35.3 Å². The molecule has 0 aromatic heterocycles. The summed E-state index contributed by atoms with van der Waals surface area (Å²) in [7, 11) is -0.343. The van der Waals surface area contributed by atoms with Crippen LogP contribution in [0, 0.1) is 0 Å². The van der Waals surface area contributed by atoms with Crippen molar-refractivity contribution in [2.75, 3.05) is 14.1 Å². The molecule has 162 valence electrons. The molecule has 1 unspecified atom stereocenters. The molecule has 0 amide bonds. The van der Waals surface area contributed by atoms with Gasteiger partial charge in [-0.25, -0.2) is 21.2 Å². The van der Waals surface area contributed by atoms with Gasteiger partial charge >= 0.3 is 0 Å². The van der Waals surface area contributed by atoms with Crippen molar-refractivity contribution >= 4 is 21.0 Å². The molecule has 0 N–H and O–H groups in total. The third-order valence-electron chi connectivity index (χ3n) is 4.46. The van der Waals surface area contributed by atoms with E-state index in [1.54, 1.807) is 7.05 Å². The van der Waals surface area contributed by atoms with Crippen molar-refractivity contribution in [3.63, 3.8) is 0 Å². The Hall–Kier alpha value is -1.54. The fraction of sp³-hybridized carbons (Fsp3) is 0.455. The van der Waals surface area contributed by atoms with Crippen LogP contribution in [0.2, 0.25) is 0 Å². The fourth-order valence-electron chi connectivity index (χ4n) is 2.91. The lowest BCUT2D eigenvalue weighted by atomic mass is 10.1. The number of sulfonamides is 1. The molecule has 0 fully saturated rings. The molecular weight excluding hydrogens is 404 g/mol. The summed E-state index contributed by atoms with van der Waals surface area (Å²) in [5, 5.41) is 0. The minimum absolute atomic E-state index is 0.139. The SMILES string of the molecule is CC.CC.CN1Cc2ccccc2CS1(=O)=O.CN1Cc2ccccc2CS1=O. The van der Waals surface area contributed by atoms with Crippen molar-refractivity contribution in [2.45, 2.75) is 52.3 Å². The van der Waals surface area contributed by atoms with E-state index in [2.05, 4.69) is 12.1 Å². The van der Waals surface area contributed by atoms with Crippen LogP contribution in [0.3, 0.4) is 0 Å². The zero-order valence-electron chi connectivity index (χ0n) is 18.4. The third-order valence-corrected chi connectivity index (χ3v) is 7.60. The Morgan fingerprint density at radius 1 is 0.759 bits per heavy atom. The van der Waals surface area contributed by atoms with Gasteiger partial charge in [-0.2, -0.15) is 0 Å². The van der Waals surface area contributed by atoms with Gasteiger partial charge in [0.1, 0.15) is 0 Å². The Kier molecular flexibility index (Phi) is 10.7. The van der Waals surface area contributed by atoms with E-state index in [4.69, 9.17) is 0 Å². The molecule has 0 saturated carbocycles. The normalized spacial score (nSPS) is 19.6. The standard InChI is InChI=1S/C9H11NO2S.C9H11NOS.2C2H6/c1-10-6-8-4-2-3-5-9(8)7-13(10,11)12;1-10-6-8-4-2-3-5-9(8)7-12(10)11;2*1-2/h2-5H,6-7H2,1H3;2-5H,6-7H2,1H3;2*1-2H3. The number of hydrogen-bond acceptors (Lipinski definition) is 3. The zero-order valence-corrected chi connectivity index (χ0v) is 20.0. The molecule has 2 aromatic rings. The Morgan fingerprint density at radius 2 is 1.21 bits per heavy atom. The summed E-state index contributed by atoms with van der Waals surface area (Å²) in [5.74, 6) is 0.812. The van der Waals surface area contributed by atoms with Gasteiger partial charge in [-0.3, -0.25) is 0 Å². The zero-order chi connectivity index (χ0) is 22.0. The highest BCUT2D eigenvalue weighted by molar-refractivity contribution is 7.88. The van der Waals surface area contributed by atoms with Gasteiger partial charge in [-0.1, -0.05) is 76.2 Å². The van der Waals surface area contributed by atoms with Crippen LogP contribution >= 0.6 is 0 Å². The molecule has 0 saturated heterocycles. The number of fused-ring (bicyclic) bond motifs is 2. The molecule has 5 nitrogen and oxygen atoms in total. The van der Waals surface area contributed by atoms with Crippen molar-refractivity contribution in [3.8, 4) is 0 Å². The Balaban J connectivity index is 0.000000248. The second-order valence-electron chi connectivity index (χ2n) is 6.30. The van der Waals surface area contributed by atoms with Crippen LogP contribution in [0.1, 0.15) is 49.9 Å². The largest absolute Gasteiger partial charge is 0.242 e. The highest BCUT2D eigenvalue weighted by Crippen LogP contribution is 2.22. The van der Waals surface area contributed by atoms with Gasteiger partial charge in [0, 0.05) is 27.2 Å². The van der Waals surface area contributed by atoms with E-state index < -0.39 is 21.0 Å². The highest BCUT2D eigenvalue weighted by atomic mass is 32.2. The van der Waals surface area contributed by atoms with Crippen LogP contribution in [0.15, 0.2) is 48.5 Å². The first-order valence-electron chi connectivity index (χ1n) is 10.0. The van der Waals surface area contributed by atoms with Gasteiger partial charge in [0.2, 0.25) is 10.0 Å². The van der Waals surface area contributed by atoms with Gasteiger partial charge in [0.05, 0.1) is 22.5 Å². The maximum Gasteiger partial charge on any atom is 0.218 e. The number of nitrogens with zero attached hydrogens (tertiary/aromatic N) is 2. The molecule has 4 rings (SSSR count). The molecule has 2 aromatic carbocycles. The molecule has 0 radical (unpaired) electrons. The van der Waals surface area contributed by atoms with Crippen molar-refractivity contribution < 1.29 is 12.6 Å². The summed E-state index contributed by atoms with van der Waals surface area (Å²) >= 11 is 0. The maximum absolute atomic E-state index is 11.5. The summed E-state index contributed by atoms with van der Waals surface area (Å²) in [6, 6.07) is 15.8. The summed E-state index contributed by atoms with van der Waals surface area (Å²) in [6.07, 6.45) is 0. The molecule has 0 aliphatic carbocycles. The molecule has 2 heterocycles. The molecule has 0 bridgehead atoms. The van der Waals surface area contributed by atoms with E-state index in [0.29, 0.717) is 12.3 Å². The van der Waals surface area contributed by atoms with Gasteiger partial charge < -0.3 is 0 Å². The molecule has 1 atom stereocenters. The van der Waals surface area contributed by atoms with E-state index in [1.165, 1.54) is 15.4 Å². The van der Waals surface area contributed by atoms with Gasteiger partial charge in [-0.05, 0) is 22.3 Å². The van der Waals surface area contributed by atoms with Gasteiger partial charge in [0.25, 0.3) is 0 Å². The second kappa shape index (κ2) is 12.2. The molecular formula is C22H34N2O3S2. The molecule has 2 aliphatic rings. The van der Waals surface area contributed by atoms with Crippen LogP contribution in [0.25, 0.3) is 0 Å². The Labute approximate surface area is 179 Å². The minimum atomic E-state index is -3.04.